The van der Waals surface area contributed by atoms with Gasteiger partial charge in [0.05, 0.1) is 12.0 Å². The Morgan fingerprint density at radius 2 is 2.43 bits per heavy atom. The summed E-state index contributed by atoms with van der Waals surface area (Å²) in [6, 6.07) is 2.83. The van der Waals surface area contributed by atoms with Gasteiger partial charge in [-0.05, 0) is 12.8 Å². The van der Waals surface area contributed by atoms with Gasteiger partial charge in [-0.2, -0.15) is 17.0 Å². The van der Waals surface area contributed by atoms with Crippen LogP contribution in [0.5, 0.6) is 0 Å². The number of rotatable bonds is 6. The highest BCUT2D eigenvalue weighted by Gasteiger charge is 2.25. The number of hydrogen-bond acceptors (Lipinski definition) is 3. The molecule has 1 saturated carbocycles. The minimum atomic E-state index is 0.249. The van der Waals surface area contributed by atoms with Gasteiger partial charge in [0.2, 0.25) is 0 Å². The maximum absolute atomic E-state index is 8.87. The van der Waals surface area contributed by atoms with E-state index in [0.717, 1.165) is 24.5 Å². The van der Waals surface area contributed by atoms with Crippen molar-refractivity contribution in [3.05, 3.63) is 12.7 Å². The Morgan fingerprint density at radius 3 is 3.14 bits per heavy atom. The Hall–Kier alpha value is -0.460. The summed E-state index contributed by atoms with van der Waals surface area (Å²) in [6.45, 7) is 4.69. The van der Waals surface area contributed by atoms with Crippen LogP contribution < -0.4 is 5.32 Å². The molecule has 0 bridgehead atoms. The first-order chi connectivity index (χ1) is 6.88. The van der Waals surface area contributed by atoms with E-state index in [2.05, 4.69) is 18.0 Å². The lowest BCUT2D eigenvalue weighted by Crippen LogP contribution is -2.33. The van der Waals surface area contributed by atoms with Crippen LogP contribution in [0.3, 0.4) is 0 Å². The smallest absolute Gasteiger partial charge is 0.0672 e. The van der Waals surface area contributed by atoms with Gasteiger partial charge in [-0.3, -0.25) is 0 Å². The van der Waals surface area contributed by atoms with Gasteiger partial charge < -0.3 is 5.32 Å². The van der Waals surface area contributed by atoms with Crippen molar-refractivity contribution in [2.24, 2.45) is 5.92 Å². The zero-order valence-corrected chi connectivity index (χ0v) is 9.35. The highest BCUT2D eigenvalue weighted by atomic mass is 32.2. The SMILES string of the molecule is C=CCSCCNC1CCCC1C#N. The van der Waals surface area contributed by atoms with Gasteiger partial charge in [0, 0.05) is 24.1 Å². The third-order valence-electron chi connectivity index (χ3n) is 2.57. The van der Waals surface area contributed by atoms with E-state index in [1.54, 1.807) is 0 Å². The highest BCUT2D eigenvalue weighted by molar-refractivity contribution is 7.99. The number of hydrogen-bond donors (Lipinski definition) is 1. The van der Waals surface area contributed by atoms with E-state index in [4.69, 9.17) is 5.26 Å². The second-order valence-electron chi connectivity index (χ2n) is 3.59. The van der Waals surface area contributed by atoms with Crippen molar-refractivity contribution < 1.29 is 0 Å². The summed E-state index contributed by atoms with van der Waals surface area (Å²) in [7, 11) is 0. The van der Waals surface area contributed by atoms with Gasteiger partial charge in [-0.25, -0.2) is 0 Å². The number of nitriles is 1. The largest absolute Gasteiger partial charge is 0.312 e. The summed E-state index contributed by atoms with van der Waals surface area (Å²) in [5.41, 5.74) is 0. The van der Waals surface area contributed by atoms with Crippen LogP contribution >= 0.6 is 11.8 Å². The summed E-state index contributed by atoms with van der Waals surface area (Å²) in [4.78, 5) is 0. The normalized spacial score (nSPS) is 25.9. The molecule has 0 heterocycles. The van der Waals surface area contributed by atoms with E-state index >= 15 is 0 Å². The molecular formula is C11H18N2S. The first-order valence-corrected chi connectivity index (χ1v) is 6.35. The molecule has 0 radical (unpaired) electrons. The van der Waals surface area contributed by atoms with Gasteiger partial charge >= 0.3 is 0 Å². The maximum atomic E-state index is 8.87. The first kappa shape index (κ1) is 11.6. The van der Waals surface area contributed by atoms with Crippen LogP contribution in [-0.4, -0.2) is 24.1 Å². The standard InChI is InChI=1S/C11H18N2S/c1-2-7-14-8-6-13-11-5-3-4-10(11)9-12/h2,10-11,13H,1,3-8H2. The van der Waals surface area contributed by atoms with Crippen molar-refractivity contribution in [2.45, 2.75) is 25.3 Å². The molecule has 78 valence electrons. The Labute approximate surface area is 90.8 Å². The van der Waals surface area contributed by atoms with Gasteiger partial charge in [0.1, 0.15) is 0 Å². The molecule has 1 rings (SSSR count). The fourth-order valence-corrected chi connectivity index (χ4v) is 2.44. The van der Waals surface area contributed by atoms with E-state index in [1.807, 2.05) is 17.8 Å². The first-order valence-electron chi connectivity index (χ1n) is 5.20. The summed E-state index contributed by atoms with van der Waals surface area (Å²) in [5, 5.41) is 12.3. The minimum absolute atomic E-state index is 0.249. The molecule has 2 atom stereocenters. The number of nitrogens with zero attached hydrogens (tertiary/aromatic N) is 1. The molecule has 0 saturated heterocycles. The molecule has 0 aliphatic heterocycles. The van der Waals surface area contributed by atoms with Gasteiger partial charge in [-0.1, -0.05) is 12.5 Å². The predicted octanol–water partition coefficient (Wildman–Crippen LogP) is 2.19. The van der Waals surface area contributed by atoms with Crippen LogP contribution in [0.15, 0.2) is 12.7 Å². The predicted molar refractivity (Wildman–Crippen MR) is 62.3 cm³/mol. The summed E-state index contributed by atoms with van der Waals surface area (Å²) < 4.78 is 0. The van der Waals surface area contributed by atoms with Crippen LogP contribution in [0.2, 0.25) is 0 Å². The molecule has 3 heteroatoms. The van der Waals surface area contributed by atoms with E-state index in [0.29, 0.717) is 6.04 Å². The average Bonchev–Trinajstić information content (AvgIpc) is 2.65. The van der Waals surface area contributed by atoms with Crippen LogP contribution in [0.4, 0.5) is 0 Å². The Morgan fingerprint density at radius 1 is 1.57 bits per heavy atom. The second-order valence-corrected chi connectivity index (χ2v) is 4.74. The van der Waals surface area contributed by atoms with E-state index in [-0.39, 0.29) is 5.92 Å². The van der Waals surface area contributed by atoms with Gasteiger partial charge in [0.25, 0.3) is 0 Å². The number of nitrogens with one attached hydrogen (secondary N) is 1. The van der Waals surface area contributed by atoms with Crippen molar-refractivity contribution in [2.75, 3.05) is 18.1 Å². The summed E-state index contributed by atoms with van der Waals surface area (Å²) in [6.07, 6.45) is 5.38. The molecule has 1 fully saturated rings. The lowest BCUT2D eigenvalue weighted by atomic mass is 10.1. The van der Waals surface area contributed by atoms with Crippen LogP contribution in [0, 0.1) is 17.2 Å². The molecule has 0 amide bonds. The fourth-order valence-electron chi connectivity index (χ4n) is 1.84. The molecule has 1 aliphatic carbocycles. The molecule has 0 spiro atoms. The Bertz CT molecular complexity index is 210. The van der Waals surface area contributed by atoms with Crippen molar-refractivity contribution in [3.63, 3.8) is 0 Å². The molecule has 0 aromatic rings. The lowest BCUT2D eigenvalue weighted by molar-refractivity contribution is 0.480. The molecule has 0 aromatic carbocycles. The van der Waals surface area contributed by atoms with Crippen LogP contribution in [0.1, 0.15) is 19.3 Å². The van der Waals surface area contributed by atoms with Crippen molar-refractivity contribution in [1.82, 2.24) is 5.32 Å². The fraction of sp³-hybridized carbons (Fsp3) is 0.727. The topological polar surface area (TPSA) is 35.8 Å². The average molecular weight is 210 g/mol. The van der Waals surface area contributed by atoms with E-state index in [1.165, 1.54) is 12.8 Å². The molecule has 2 nitrogen and oxygen atoms in total. The van der Waals surface area contributed by atoms with E-state index in [9.17, 15) is 0 Å². The van der Waals surface area contributed by atoms with Crippen molar-refractivity contribution in [3.8, 4) is 6.07 Å². The third kappa shape index (κ3) is 3.73. The maximum Gasteiger partial charge on any atom is 0.0672 e. The molecular weight excluding hydrogens is 192 g/mol. The second kappa shape index (κ2) is 6.92. The highest BCUT2D eigenvalue weighted by Crippen LogP contribution is 2.24. The minimum Gasteiger partial charge on any atom is -0.312 e. The quantitative estimate of drug-likeness (QED) is 0.539. The van der Waals surface area contributed by atoms with Crippen molar-refractivity contribution >= 4 is 11.8 Å². The molecule has 0 aromatic heterocycles. The molecule has 1 N–H and O–H groups in total. The number of thioether (sulfide) groups is 1. The van der Waals surface area contributed by atoms with Crippen LogP contribution in [0.25, 0.3) is 0 Å². The van der Waals surface area contributed by atoms with Gasteiger partial charge in [-0.15, -0.1) is 6.58 Å². The molecule has 2 unspecified atom stereocenters. The zero-order valence-electron chi connectivity index (χ0n) is 8.54. The summed E-state index contributed by atoms with van der Waals surface area (Å²) >= 11 is 1.88. The van der Waals surface area contributed by atoms with Crippen molar-refractivity contribution in [1.29, 1.82) is 5.26 Å². The molecule has 14 heavy (non-hydrogen) atoms. The molecule has 1 aliphatic rings. The zero-order chi connectivity index (χ0) is 10.2. The third-order valence-corrected chi connectivity index (χ3v) is 3.53. The lowest BCUT2D eigenvalue weighted by Gasteiger charge is -2.14. The summed E-state index contributed by atoms with van der Waals surface area (Å²) in [5.74, 6) is 2.38. The van der Waals surface area contributed by atoms with Gasteiger partial charge in [0.15, 0.2) is 0 Å². The van der Waals surface area contributed by atoms with E-state index < -0.39 is 0 Å². The van der Waals surface area contributed by atoms with Crippen LogP contribution in [-0.2, 0) is 0 Å². The Balaban J connectivity index is 2.06. The Kier molecular flexibility index (Phi) is 5.74. The monoisotopic (exact) mass is 210 g/mol.